The van der Waals surface area contributed by atoms with Crippen LogP contribution in [0.2, 0.25) is 0 Å². The lowest BCUT2D eigenvalue weighted by atomic mass is 10.2. The molecule has 0 spiro atoms. The first-order chi connectivity index (χ1) is 12.8. The van der Waals surface area contributed by atoms with Gasteiger partial charge in [0.1, 0.15) is 12.0 Å². The Balaban J connectivity index is 1.69. The van der Waals surface area contributed by atoms with Crippen LogP contribution in [0.15, 0.2) is 23.1 Å². The molecule has 2 amide bonds. The molecule has 10 heteroatoms. The zero-order valence-electron chi connectivity index (χ0n) is 14.9. The van der Waals surface area contributed by atoms with Crippen LogP contribution in [-0.2, 0) is 24.3 Å². The Labute approximate surface area is 157 Å². The Bertz CT molecular complexity index is 841. The standard InChI is InChI=1S/C17H22FN3O5S/c1-11-9-13(5-6-14(11)18)27(24,25)21-7-2-8-26-15(21)10-19-16(22)17(23)20-12-3-4-12/h5-6,9,12,15H,2-4,7-8,10H2,1H3,(H,19,22)(H,20,23)/t15-/m0/s1. The second-order valence-corrected chi connectivity index (χ2v) is 8.55. The van der Waals surface area contributed by atoms with Gasteiger partial charge in [-0.15, -0.1) is 0 Å². The van der Waals surface area contributed by atoms with Gasteiger partial charge in [-0.3, -0.25) is 9.59 Å². The SMILES string of the molecule is Cc1cc(S(=O)(=O)N2CCCO[C@H]2CNC(=O)C(=O)NC2CC2)ccc1F. The number of carbonyl (C=O) groups is 2. The van der Waals surface area contributed by atoms with Gasteiger partial charge in [0.25, 0.3) is 0 Å². The van der Waals surface area contributed by atoms with Crippen molar-refractivity contribution in [3.8, 4) is 0 Å². The average Bonchev–Trinajstić information content (AvgIpc) is 3.46. The summed E-state index contributed by atoms with van der Waals surface area (Å²) in [6.07, 6.45) is 1.26. The highest BCUT2D eigenvalue weighted by molar-refractivity contribution is 7.89. The van der Waals surface area contributed by atoms with Crippen molar-refractivity contribution in [2.45, 2.75) is 43.4 Å². The maximum Gasteiger partial charge on any atom is 0.309 e. The lowest BCUT2D eigenvalue weighted by molar-refractivity contribution is -0.140. The number of benzene rings is 1. The molecule has 1 heterocycles. The van der Waals surface area contributed by atoms with Gasteiger partial charge in [-0.05, 0) is 49.9 Å². The Morgan fingerprint density at radius 2 is 2.04 bits per heavy atom. The number of carbonyl (C=O) groups excluding carboxylic acids is 2. The fourth-order valence-electron chi connectivity index (χ4n) is 2.75. The second kappa shape index (κ2) is 7.91. The third kappa shape index (κ3) is 4.63. The van der Waals surface area contributed by atoms with Crippen LogP contribution in [0.1, 0.15) is 24.8 Å². The number of amides is 2. The summed E-state index contributed by atoms with van der Waals surface area (Å²) >= 11 is 0. The van der Waals surface area contributed by atoms with E-state index in [1.165, 1.54) is 19.1 Å². The summed E-state index contributed by atoms with van der Waals surface area (Å²) < 4.78 is 45.9. The number of nitrogens with one attached hydrogen (secondary N) is 2. The number of hydrogen-bond donors (Lipinski definition) is 2. The highest BCUT2D eigenvalue weighted by Crippen LogP contribution is 2.23. The summed E-state index contributed by atoms with van der Waals surface area (Å²) in [7, 11) is -3.94. The summed E-state index contributed by atoms with van der Waals surface area (Å²) in [4.78, 5) is 23.5. The zero-order valence-corrected chi connectivity index (χ0v) is 15.7. The Morgan fingerprint density at radius 3 is 2.70 bits per heavy atom. The number of hydrogen-bond acceptors (Lipinski definition) is 5. The summed E-state index contributed by atoms with van der Waals surface area (Å²) in [6, 6.07) is 3.61. The molecule has 0 bridgehead atoms. The smallest absolute Gasteiger partial charge is 0.309 e. The third-order valence-electron chi connectivity index (χ3n) is 4.45. The van der Waals surface area contributed by atoms with E-state index in [2.05, 4.69) is 10.6 Å². The van der Waals surface area contributed by atoms with Crippen molar-refractivity contribution < 1.29 is 27.1 Å². The van der Waals surface area contributed by atoms with Crippen LogP contribution in [0.4, 0.5) is 4.39 Å². The molecule has 0 aromatic heterocycles. The molecular weight excluding hydrogens is 377 g/mol. The fourth-order valence-corrected chi connectivity index (χ4v) is 4.41. The molecule has 1 aromatic carbocycles. The van der Waals surface area contributed by atoms with Crippen molar-refractivity contribution in [1.82, 2.24) is 14.9 Å². The highest BCUT2D eigenvalue weighted by Gasteiger charge is 2.35. The molecule has 1 saturated heterocycles. The van der Waals surface area contributed by atoms with Crippen LogP contribution < -0.4 is 10.6 Å². The lowest BCUT2D eigenvalue weighted by Crippen LogP contribution is -2.53. The van der Waals surface area contributed by atoms with Crippen LogP contribution in [0.3, 0.4) is 0 Å². The van der Waals surface area contributed by atoms with Gasteiger partial charge >= 0.3 is 11.8 Å². The Hall–Kier alpha value is -2.04. The molecule has 27 heavy (non-hydrogen) atoms. The first-order valence-corrected chi connectivity index (χ1v) is 10.2. The average molecular weight is 399 g/mol. The monoisotopic (exact) mass is 399 g/mol. The number of aryl methyl sites for hydroxylation is 1. The van der Waals surface area contributed by atoms with Crippen molar-refractivity contribution in [3.63, 3.8) is 0 Å². The van der Waals surface area contributed by atoms with Gasteiger partial charge in [0, 0.05) is 12.6 Å². The van der Waals surface area contributed by atoms with Gasteiger partial charge in [0.2, 0.25) is 10.0 Å². The molecule has 8 nitrogen and oxygen atoms in total. The van der Waals surface area contributed by atoms with E-state index < -0.39 is 33.9 Å². The number of nitrogens with zero attached hydrogens (tertiary/aromatic N) is 1. The predicted octanol–water partition coefficient (Wildman–Crippen LogP) is 0.266. The Morgan fingerprint density at radius 1 is 1.30 bits per heavy atom. The van der Waals surface area contributed by atoms with Gasteiger partial charge < -0.3 is 15.4 Å². The maximum absolute atomic E-state index is 13.5. The summed E-state index contributed by atoms with van der Waals surface area (Å²) in [5, 5.41) is 4.98. The summed E-state index contributed by atoms with van der Waals surface area (Å²) in [6.45, 7) is 1.87. The van der Waals surface area contributed by atoms with Gasteiger partial charge in [-0.2, -0.15) is 4.31 Å². The van der Waals surface area contributed by atoms with E-state index in [1.54, 1.807) is 0 Å². The zero-order chi connectivity index (χ0) is 19.6. The molecule has 1 atom stereocenters. The lowest BCUT2D eigenvalue weighted by Gasteiger charge is -2.34. The van der Waals surface area contributed by atoms with E-state index in [9.17, 15) is 22.4 Å². The van der Waals surface area contributed by atoms with Crippen LogP contribution in [0, 0.1) is 12.7 Å². The largest absolute Gasteiger partial charge is 0.360 e. The molecule has 2 aliphatic rings. The number of sulfonamides is 1. The molecule has 2 fully saturated rings. The van der Waals surface area contributed by atoms with Crippen molar-refractivity contribution in [2.75, 3.05) is 19.7 Å². The second-order valence-electron chi connectivity index (χ2n) is 6.66. The Kier molecular flexibility index (Phi) is 5.78. The number of ether oxygens (including phenoxy) is 1. The van der Waals surface area contributed by atoms with Crippen LogP contribution in [0.25, 0.3) is 0 Å². The van der Waals surface area contributed by atoms with Crippen LogP contribution in [-0.4, -0.2) is 56.5 Å². The first kappa shape index (κ1) is 19.7. The molecule has 0 unspecified atom stereocenters. The summed E-state index contributed by atoms with van der Waals surface area (Å²) in [5.74, 6) is -2.06. The van der Waals surface area contributed by atoms with Crippen molar-refractivity contribution in [2.24, 2.45) is 0 Å². The molecule has 3 rings (SSSR count). The first-order valence-electron chi connectivity index (χ1n) is 8.77. The van der Waals surface area contributed by atoms with Gasteiger partial charge in [-0.25, -0.2) is 12.8 Å². The van der Waals surface area contributed by atoms with Crippen molar-refractivity contribution >= 4 is 21.8 Å². The van der Waals surface area contributed by atoms with Crippen molar-refractivity contribution in [1.29, 1.82) is 0 Å². The molecule has 1 aliphatic carbocycles. The van der Waals surface area contributed by atoms with Crippen LogP contribution in [0.5, 0.6) is 0 Å². The minimum absolute atomic E-state index is 0.0466. The molecule has 148 valence electrons. The molecule has 0 radical (unpaired) electrons. The number of rotatable bonds is 5. The van der Waals surface area contributed by atoms with E-state index >= 15 is 0 Å². The van der Waals surface area contributed by atoms with E-state index in [-0.39, 0.29) is 29.6 Å². The van der Waals surface area contributed by atoms with Gasteiger partial charge in [0.15, 0.2) is 0 Å². The van der Waals surface area contributed by atoms with E-state index in [0.717, 1.165) is 23.2 Å². The minimum Gasteiger partial charge on any atom is -0.360 e. The molecule has 1 aliphatic heterocycles. The predicted molar refractivity (Wildman–Crippen MR) is 93.6 cm³/mol. The quantitative estimate of drug-likeness (QED) is 0.692. The van der Waals surface area contributed by atoms with E-state index in [0.29, 0.717) is 13.0 Å². The normalized spacial score (nSPS) is 20.9. The molecule has 1 saturated carbocycles. The van der Waals surface area contributed by atoms with Crippen molar-refractivity contribution in [3.05, 3.63) is 29.6 Å². The molecule has 2 N–H and O–H groups in total. The third-order valence-corrected chi connectivity index (χ3v) is 6.33. The number of halogens is 1. The fraction of sp³-hybridized carbons (Fsp3) is 0.529. The summed E-state index contributed by atoms with van der Waals surface area (Å²) in [5.41, 5.74) is 0.218. The van der Waals surface area contributed by atoms with Gasteiger partial charge in [-0.1, -0.05) is 0 Å². The highest BCUT2D eigenvalue weighted by atomic mass is 32.2. The molecule has 1 aromatic rings. The molecular formula is C17H22FN3O5S. The topological polar surface area (TPSA) is 105 Å². The maximum atomic E-state index is 13.5. The van der Waals surface area contributed by atoms with E-state index in [1.807, 2.05) is 0 Å². The van der Waals surface area contributed by atoms with E-state index in [4.69, 9.17) is 4.74 Å². The van der Waals surface area contributed by atoms with Gasteiger partial charge in [0.05, 0.1) is 18.0 Å². The minimum atomic E-state index is -3.94. The van der Waals surface area contributed by atoms with Crippen LogP contribution >= 0.6 is 0 Å².